The van der Waals surface area contributed by atoms with Gasteiger partial charge < -0.3 is 0 Å². The molecule has 0 saturated heterocycles. The van der Waals surface area contributed by atoms with Crippen LogP contribution in [0.2, 0.25) is 0 Å². The summed E-state index contributed by atoms with van der Waals surface area (Å²) in [6.45, 7) is 11.8. The van der Waals surface area contributed by atoms with Gasteiger partial charge in [-0.15, -0.1) is 0 Å². The van der Waals surface area contributed by atoms with Crippen molar-refractivity contribution in [3.8, 4) is 0 Å². The molecule has 0 aliphatic carbocycles. The smallest absolute Gasteiger partial charge is 0.0391 e. The average Bonchev–Trinajstić information content (AvgIpc) is 2.14. The molecule has 2 atom stereocenters. The van der Waals surface area contributed by atoms with E-state index in [9.17, 15) is 0 Å². The quantitative estimate of drug-likeness (QED) is 0.466. The molecule has 0 fully saturated rings. The number of unbranched alkanes of at least 4 members (excludes halogenated alkanes) is 2. The third-order valence-electron chi connectivity index (χ3n) is 3.47. The van der Waals surface area contributed by atoms with Crippen LogP contribution in [0.15, 0.2) is 0 Å². The van der Waals surface area contributed by atoms with Crippen LogP contribution in [0.4, 0.5) is 0 Å². The van der Waals surface area contributed by atoms with Crippen molar-refractivity contribution in [3.05, 3.63) is 0 Å². The monoisotopic (exact) mass is 198 g/mol. The van der Waals surface area contributed by atoms with E-state index in [1.165, 1.54) is 38.5 Å². The first-order chi connectivity index (χ1) is 6.61. The van der Waals surface area contributed by atoms with Crippen LogP contribution in [0, 0.1) is 17.8 Å². The molecule has 0 nitrogen and oxygen atoms in total. The zero-order valence-corrected chi connectivity index (χ0v) is 11.0. The second-order valence-corrected chi connectivity index (χ2v) is 5.25. The van der Waals surface area contributed by atoms with E-state index in [0.717, 1.165) is 17.8 Å². The molecule has 0 aliphatic heterocycles. The summed E-state index contributed by atoms with van der Waals surface area (Å²) in [5.74, 6) is 2.76. The molecule has 0 aromatic rings. The summed E-state index contributed by atoms with van der Waals surface area (Å²) in [5.41, 5.74) is 0. The standard InChI is InChI=1S/C14H30/c1-6-8-9-10-13(5)11-14(7-2)12(3)4/h12-14H,6-11H2,1-5H3. The van der Waals surface area contributed by atoms with E-state index in [4.69, 9.17) is 0 Å². The van der Waals surface area contributed by atoms with E-state index >= 15 is 0 Å². The fourth-order valence-electron chi connectivity index (χ4n) is 2.29. The van der Waals surface area contributed by atoms with Crippen molar-refractivity contribution in [1.82, 2.24) is 0 Å². The van der Waals surface area contributed by atoms with E-state index < -0.39 is 0 Å². The zero-order valence-electron chi connectivity index (χ0n) is 11.0. The lowest BCUT2D eigenvalue weighted by atomic mass is 9.83. The van der Waals surface area contributed by atoms with E-state index in [1.807, 2.05) is 0 Å². The minimum absolute atomic E-state index is 0.869. The van der Waals surface area contributed by atoms with Gasteiger partial charge in [0, 0.05) is 0 Å². The summed E-state index contributed by atoms with van der Waals surface area (Å²) in [4.78, 5) is 0. The fourth-order valence-corrected chi connectivity index (χ4v) is 2.29. The molecular formula is C14H30. The maximum atomic E-state index is 2.43. The van der Waals surface area contributed by atoms with Gasteiger partial charge >= 0.3 is 0 Å². The predicted molar refractivity (Wildman–Crippen MR) is 66.5 cm³/mol. The first-order valence-electron chi connectivity index (χ1n) is 6.61. The van der Waals surface area contributed by atoms with Gasteiger partial charge in [-0.05, 0) is 24.2 Å². The summed E-state index contributed by atoms with van der Waals surface area (Å²) >= 11 is 0. The Kier molecular flexibility index (Phi) is 8.32. The third kappa shape index (κ3) is 6.45. The first kappa shape index (κ1) is 14.0. The molecule has 0 N–H and O–H groups in total. The average molecular weight is 198 g/mol. The molecule has 0 heteroatoms. The fraction of sp³-hybridized carbons (Fsp3) is 1.00. The molecule has 0 amide bonds. The van der Waals surface area contributed by atoms with Crippen molar-refractivity contribution in [2.45, 2.75) is 73.1 Å². The van der Waals surface area contributed by atoms with Gasteiger partial charge in [-0.2, -0.15) is 0 Å². The highest BCUT2D eigenvalue weighted by Gasteiger charge is 2.14. The van der Waals surface area contributed by atoms with Gasteiger partial charge in [-0.1, -0.05) is 66.7 Å². The van der Waals surface area contributed by atoms with Crippen LogP contribution in [-0.2, 0) is 0 Å². The predicted octanol–water partition coefficient (Wildman–Crippen LogP) is 5.28. The topological polar surface area (TPSA) is 0 Å². The maximum Gasteiger partial charge on any atom is -0.0391 e. The minimum Gasteiger partial charge on any atom is -0.0654 e. The number of hydrogen-bond donors (Lipinski definition) is 0. The largest absolute Gasteiger partial charge is 0.0654 e. The molecular weight excluding hydrogens is 168 g/mol. The van der Waals surface area contributed by atoms with Gasteiger partial charge in [-0.25, -0.2) is 0 Å². The van der Waals surface area contributed by atoms with E-state index in [-0.39, 0.29) is 0 Å². The summed E-state index contributed by atoms with van der Waals surface area (Å²) in [6.07, 6.45) is 8.45. The van der Waals surface area contributed by atoms with Gasteiger partial charge in [0.05, 0.1) is 0 Å². The molecule has 86 valence electrons. The summed E-state index contributed by atoms with van der Waals surface area (Å²) < 4.78 is 0. The van der Waals surface area contributed by atoms with Gasteiger partial charge in [0.1, 0.15) is 0 Å². The molecule has 14 heavy (non-hydrogen) atoms. The van der Waals surface area contributed by atoms with Crippen molar-refractivity contribution < 1.29 is 0 Å². The minimum atomic E-state index is 0.869. The first-order valence-corrected chi connectivity index (χ1v) is 6.61. The van der Waals surface area contributed by atoms with Crippen LogP contribution >= 0.6 is 0 Å². The molecule has 0 bridgehead atoms. The van der Waals surface area contributed by atoms with Crippen LogP contribution in [0.5, 0.6) is 0 Å². The van der Waals surface area contributed by atoms with Crippen molar-refractivity contribution in [2.75, 3.05) is 0 Å². The number of rotatable bonds is 8. The van der Waals surface area contributed by atoms with E-state index in [0.29, 0.717) is 0 Å². The zero-order chi connectivity index (χ0) is 11.0. The maximum absolute atomic E-state index is 2.43. The number of hydrogen-bond acceptors (Lipinski definition) is 0. The van der Waals surface area contributed by atoms with Crippen LogP contribution in [-0.4, -0.2) is 0 Å². The van der Waals surface area contributed by atoms with Gasteiger partial charge in [0.2, 0.25) is 0 Å². The van der Waals surface area contributed by atoms with Gasteiger partial charge in [0.15, 0.2) is 0 Å². The Balaban J connectivity index is 3.62. The van der Waals surface area contributed by atoms with Crippen molar-refractivity contribution in [3.63, 3.8) is 0 Å². The van der Waals surface area contributed by atoms with Crippen LogP contribution < -0.4 is 0 Å². The highest BCUT2D eigenvalue weighted by Crippen LogP contribution is 2.26. The Labute approximate surface area is 91.5 Å². The normalized spacial score (nSPS) is 15.9. The lowest BCUT2D eigenvalue weighted by Gasteiger charge is -2.22. The molecule has 0 aliphatic rings. The molecule has 0 aromatic carbocycles. The molecule has 0 rings (SSSR count). The van der Waals surface area contributed by atoms with E-state index in [1.54, 1.807) is 0 Å². The summed E-state index contributed by atoms with van der Waals surface area (Å²) in [7, 11) is 0. The Morgan fingerprint density at radius 2 is 1.57 bits per heavy atom. The summed E-state index contributed by atoms with van der Waals surface area (Å²) in [6, 6.07) is 0. The van der Waals surface area contributed by atoms with Crippen LogP contribution in [0.25, 0.3) is 0 Å². The Bertz CT molecular complexity index is 115. The second kappa shape index (κ2) is 8.32. The molecule has 0 saturated carbocycles. The van der Waals surface area contributed by atoms with Gasteiger partial charge in [0.25, 0.3) is 0 Å². The highest BCUT2D eigenvalue weighted by molar-refractivity contribution is 4.65. The molecule has 2 unspecified atom stereocenters. The second-order valence-electron chi connectivity index (χ2n) is 5.25. The Morgan fingerprint density at radius 3 is 2.00 bits per heavy atom. The van der Waals surface area contributed by atoms with Crippen LogP contribution in [0.1, 0.15) is 73.1 Å². The lowest BCUT2D eigenvalue weighted by Crippen LogP contribution is -2.11. The van der Waals surface area contributed by atoms with Crippen molar-refractivity contribution >= 4 is 0 Å². The molecule has 0 radical (unpaired) electrons. The highest BCUT2D eigenvalue weighted by atomic mass is 14.2. The van der Waals surface area contributed by atoms with Crippen LogP contribution in [0.3, 0.4) is 0 Å². The summed E-state index contributed by atoms with van der Waals surface area (Å²) in [5, 5.41) is 0. The SMILES string of the molecule is CCCCCC(C)CC(CC)C(C)C. The van der Waals surface area contributed by atoms with Crippen molar-refractivity contribution in [1.29, 1.82) is 0 Å². The van der Waals surface area contributed by atoms with E-state index in [2.05, 4.69) is 34.6 Å². The molecule has 0 heterocycles. The van der Waals surface area contributed by atoms with Crippen molar-refractivity contribution in [2.24, 2.45) is 17.8 Å². The third-order valence-corrected chi connectivity index (χ3v) is 3.47. The Morgan fingerprint density at radius 1 is 0.929 bits per heavy atom. The Hall–Kier alpha value is 0. The molecule has 0 aromatic heterocycles. The van der Waals surface area contributed by atoms with Gasteiger partial charge in [-0.3, -0.25) is 0 Å². The molecule has 0 spiro atoms. The lowest BCUT2D eigenvalue weighted by molar-refractivity contribution is 0.287.